The quantitative estimate of drug-likeness (QED) is 0.711. The second-order valence-corrected chi connectivity index (χ2v) is 8.06. The van der Waals surface area contributed by atoms with E-state index in [1.54, 1.807) is 25.3 Å². The second-order valence-electron chi connectivity index (χ2n) is 8.06. The molecule has 1 amide bonds. The lowest BCUT2D eigenvalue weighted by Gasteiger charge is -2.28. The van der Waals surface area contributed by atoms with Gasteiger partial charge in [0.2, 0.25) is 0 Å². The highest BCUT2D eigenvalue weighted by molar-refractivity contribution is 5.97. The number of carboxylic acid groups (broad SMARTS) is 1. The highest BCUT2D eigenvalue weighted by Gasteiger charge is 2.27. The van der Waals surface area contributed by atoms with Crippen LogP contribution >= 0.6 is 0 Å². The molecule has 28 heavy (non-hydrogen) atoms. The van der Waals surface area contributed by atoms with Crippen molar-refractivity contribution in [3.8, 4) is 11.5 Å². The minimum Gasteiger partial charge on any atom is -0.497 e. The molecule has 0 aliphatic carbocycles. The molecule has 0 aliphatic rings. The maximum atomic E-state index is 13.3. The number of carbonyl (C=O) groups is 1. The van der Waals surface area contributed by atoms with E-state index in [1.807, 2.05) is 20.8 Å². The van der Waals surface area contributed by atoms with Crippen LogP contribution in [0.3, 0.4) is 0 Å². The molecule has 0 unspecified atom stereocenters. The zero-order valence-corrected chi connectivity index (χ0v) is 17.5. The number of benzene rings is 1. The third kappa shape index (κ3) is 4.58. The van der Waals surface area contributed by atoms with Gasteiger partial charge in [0, 0.05) is 19.0 Å². The maximum Gasteiger partial charge on any atom is 0.412 e. The number of amides is 1. The topological polar surface area (TPSA) is 81.0 Å². The van der Waals surface area contributed by atoms with E-state index in [0.29, 0.717) is 35.4 Å². The van der Waals surface area contributed by atoms with E-state index in [9.17, 15) is 14.7 Å². The molecule has 154 valence electrons. The summed E-state index contributed by atoms with van der Waals surface area (Å²) in [5.41, 5.74) is -0.489. The van der Waals surface area contributed by atoms with Gasteiger partial charge >= 0.3 is 6.09 Å². The van der Waals surface area contributed by atoms with Gasteiger partial charge in [0.1, 0.15) is 5.75 Å². The summed E-state index contributed by atoms with van der Waals surface area (Å²) < 4.78 is 12.9. The molecule has 0 spiro atoms. The molecule has 2 aromatic rings. The van der Waals surface area contributed by atoms with Crippen LogP contribution in [0.5, 0.6) is 11.5 Å². The van der Waals surface area contributed by atoms with Gasteiger partial charge in [-0.25, -0.2) is 4.79 Å². The lowest BCUT2D eigenvalue weighted by Crippen LogP contribution is -2.35. The van der Waals surface area contributed by atoms with Crippen molar-refractivity contribution in [1.29, 1.82) is 0 Å². The molecule has 0 atom stereocenters. The summed E-state index contributed by atoms with van der Waals surface area (Å²) in [6.07, 6.45) is 0.595. The minimum atomic E-state index is -1.16. The highest BCUT2D eigenvalue weighted by Crippen LogP contribution is 2.37. The average molecular weight is 390 g/mol. The number of pyridine rings is 1. The largest absolute Gasteiger partial charge is 0.497 e. The fourth-order valence-corrected chi connectivity index (χ4v) is 3.02. The predicted octanol–water partition coefficient (Wildman–Crippen LogP) is 4.35. The van der Waals surface area contributed by atoms with Crippen LogP contribution in [-0.2, 0) is 6.54 Å². The monoisotopic (exact) mass is 390 g/mol. The molecule has 7 nitrogen and oxygen atoms in total. The lowest BCUT2D eigenvalue weighted by molar-refractivity contribution is 0.202. The molecule has 1 aromatic heterocycles. The second kappa shape index (κ2) is 8.54. The molecule has 1 heterocycles. The van der Waals surface area contributed by atoms with E-state index in [-0.39, 0.29) is 16.8 Å². The number of nitrogens with zero attached hydrogens (tertiary/aromatic N) is 2. The molecule has 0 fully saturated rings. The van der Waals surface area contributed by atoms with Crippen molar-refractivity contribution in [3.05, 3.63) is 28.6 Å². The predicted molar refractivity (Wildman–Crippen MR) is 111 cm³/mol. The van der Waals surface area contributed by atoms with Gasteiger partial charge in [-0.05, 0) is 30.0 Å². The third-order valence-electron chi connectivity index (χ3n) is 4.39. The van der Waals surface area contributed by atoms with E-state index >= 15 is 0 Å². The molecule has 1 N–H and O–H groups in total. The van der Waals surface area contributed by atoms with Crippen LogP contribution < -0.4 is 19.9 Å². The van der Waals surface area contributed by atoms with Crippen LogP contribution in [0, 0.1) is 5.41 Å². The van der Waals surface area contributed by atoms with Gasteiger partial charge in [-0.2, -0.15) is 0 Å². The van der Waals surface area contributed by atoms with Gasteiger partial charge in [0.15, 0.2) is 11.6 Å². The number of ether oxygens (including phenoxy) is 2. The first-order chi connectivity index (χ1) is 13.1. The Kier molecular flexibility index (Phi) is 6.59. The van der Waals surface area contributed by atoms with E-state index in [2.05, 4.69) is 6.92 Å². The van der Waals surface area contributed by atoms with Crippen molar-refractivity contribution < 1.29 is 19.4 Å². The molecule has 7 heteroatoms. The number of rotatable bonds is 7. The number of hydrogen-bond acceptors (Lipinski definition) is 4. The SMILES string of the molecule is CCCCOc1c(N(C)C(=O)O)n(CC(C)(C)C)c(=O)c2ccc(OC)cc12. The summed E-state index contributed by atoms with van der Waals surface area (Å²) in [7, 11) is 2.97. The molecule has 2 rings (SSSR count). The first-order valence-electron chi connectivity index (χ1n) is 9.44. The fourth-order valence-electron chi connectivity index (χ4n) is 3.02. The van der Waals surface area contributed by atoms with Crippen molar-refractivity contribution in [2.45, 2.75) is 47.1 Å². The van der Waals surface area contributed by atoms with Gasteiger partial charge in [0.25, 0.3) is 5.56 Å². The zero-order chi connectivity index (χ0) is 21.1. The first-order valence-corrected chi connectivity index (χ1v) is 9.44. The van der Waals surface area contributed by atoms with E-state index in [0.717, 1.165) is 17.7 Å². The summed E-state index contributed by atoms with van der Waals surface area (Å²) in [5, 5.41) is 10.7. The zero-order valence-electron chi connectivity index (χ0n) is 17.5. The van der Waals surface area contributed by atoms with Gasteiger partial charge < -0.3 is 14.6 Å². The van der Waals surface area contributed by atoms with E-state index in [1.165, 1.54) is 11.6 Å². The minimum absolute atomic E-state index is 0.237. The van der Waals surface area contributed by atoms with Crippen LogP contribution in [-0.4, -0.2) is 36.5 Å². The molecule has 1 aromatic carbocycles. The summed E-state index contributed by atoms with van der Waals surface area (Å²) in [5.74, 6) is 1.20. The number of methoxy groups -OCH3 is 1. The molecule has 0 bridgehead atoms. The molecular formula is C21H30N2O5. The molecular weight excluding hydrogens is 360 g/mol. The smallest absolute Gasteiger partial charge is 0.412 e. The van der Waals surface area contributed by atoms with E-state index in [4.69, 9.17) is 9.47 Å². The molecule has 0 saturated carbocycles. The highest BCUT2D eigenvalue weighted by atomic mass is 16.5. The van der Waals surface area contributed by atoms with Crippen molar-refractivity contribution in [1.82, 2.24) is 4.57 Å². The van der Waals surface area contributed by atoms with Crippen molar-refractivity contribution in [2.75, 3.05) is 25.7 Å². The summed E-state index contributed by atoms with van der Waals surface area (Å²) in [4.78, 5) is 26.1. The average Bonchev–Trinajstić information content (AvgIpc) is 2.63. The Morgan fingerprint density at radius 1 is 1.25 bits per heavy atom. The Bertz CT molecular complexity index is 912. The number of unbranched alkanes of at least 4 members (excludes halogenated alkanes) is 1. The number of fused-ring (bicyclic) bond motifs is 1. The first kappa shape index (κ1) is 21.6. The Morgan fingerprint density at radius 3 is 2.46 bits per heavy atom. The number of hydrogen-bond donors (Lipinski definition) is 1. The van der Waals surface area contributed by atoms with E-state index < -0.39 is 6.09 Å². The van der Waals surface area contributed by atoms with Crippen molar-refractivity contribution in [3.63, 3.8) is 0 Å². The van der Waals surface area contributed by atoms with Crippen LogP contribution in [0.4, 0.5) is 10.6 Å². The summed E-state index contributed by atoms with van der Waals surface area (Å²) in [6, 6.07) is 5.15. The molecule has 0 saturated heterocycles. The Morgan fingerprint density at radius 2 is 1.93 bits per heavy atom. The Labute approximate surface area is 165 Å². The summed E-state index contributed by atoms with van der Waals surface area (Å²) in [6.45, 7) is 8.83. The molecule has 0 aliphatic heterocycles. The van der Waals surface area contributed by atoms with Crippen molar-refractivity contribution >= 4 is 22.7 Å². The molecule has 0 radical (unpaired) electrons. The van der Waals surface area contributed by atoms with Crippen LogP contribution in [0.1, 0.15) is 40.5 Å². The van der Waals surface area contributed by atoms with Gasteiger partial charge in [0.05, 0.1) is 19.1 Å². The standard InChI is InChI=1S/C21H30N2O5/c1-7-8-11-28-17-16-12-14(27-6)9-10-15(16)19(24)23(13-21(2,3)4)18(17)22(5)20(25)26/h9-10,12H,7-8,11,13H2,1-6H3,(H,25,26). The lowest BCUT2D eigenvalue weighted by atomic mass is 9.96. The summed E-state index contributed by atoms with van der Waals surface area (Å²) >= 11 is 0. The van der Waals surface area contributed by atoms with Gasteiger partial charge in [-0.15, -0.1) is 0 Å². The van der Waals surface area contributed by atoms with Crippen LogP contribution in [0.25, 0.3) is 10.8 Å². The van der Waals surface area contributed by atoms with Crippen LogP contribution in [0.2, 0.25) is 0 Å². The maximum absolute atomic E-state index is 13.3. The Hall–Kier alpha value is -2.70. The number of anilines is 1. The van der Waals surface area contributed by atoms with Gasteiger partial charge in [-0.3, -0.25) is 14.3 Å². The number of aromatic nitrogens is 1. The van der Waals surface area contributed by atoms with Crippen LogP contribution in [0.15, 0.2) is 23.0 Å². The van der Waals surface area contributed by atoms with Crippen molar-refractivity contribution in [2.24, 2.45) is 5.41 Å². The van der Waals surface area contributed by atoms with Gasteiger partial charge in [-0.1, -0.05) is 34.1 Å². The fraction of sp³-hybridized carbons (Fsp3) is 0.524. The third-order valence-corrected chi connectivity index (χ3v) is 4.39. The Balaban J connectivity index is 2.91. The normalized spacial score (nSPS) is 11.5.